The highest BCUT2D eigenvalue weighted by molar-refractivity contribution is 7.89. The molecule has 0 aliphatic rings. The molecule has 10 heteroatoms. The van der Waals surface area contributed by atoms with Gasteiger partial charge in [0.15, 0.2) is 0 Å². The number of primary sulfonamides is 1. The molecule has 0 aliphatic heterocycles. The summed E-state index contributed by atoms with van der Waals surface area (Å²) < 4.78 is 48.7. The van der Waals surface area contributed by atoms with Crippen molar-refractivity contribution < 1.29 is 21.6 Å². The zero-order valence-electron chi connectivity index (χ0n) is 16.2. The van der Waals surface area contributed by atoms with Gasteiger partial charge in [-0.25, -0.2) is 26.7 Å². The van der Waals surface area contributed by atoms with Crippen molar-refractivity contribution in [2.75, 3.05) is 14.1 Å². The van der Waals surface area contributed by atoms with Crippen LogP contribution in [-0.2, 0) is 24.8 Å². The largest absolute Gasteiger partial charge is 0.335 e. The average molecular weight is 438 g/mol. The van der Waals surface area contributed by atoms with Gasteiger partial charge in [-0.3, -0.25) is 4.79 Å². The number of carbonyl (C=O) groups excluding carboxylic acids is 1. The van der Waals surface area contributed by atoms with Crippen LogP contribution in [-0.4, -0.2) is 41.7 Å². The zero-order chi connectivity index (χ0) is 21.8. The van der Waals surface area contributed by atoms with E-state index in [9.17, 15) is 21.6 Å². The van der Waals surface area contributed by atoms with Crippen LogP contribution in [0.5, 0.6) is 0 Å². The minimum Gasteiger partial charge on any atom is -0.335 e. The van der Waals surface area contributed by atoms with Gasteiger partial charge in [0.25, 0.3) is 0 Å². The highest BCUT2D eigenvalue weighted by Crippen LogP contribution is 2.22. The molecule has 156 valence electrons. The van der Waals surface area contributed by atoms with Crippen molar-refractivity contribution in [2.24, 2.45) is 5.14 Å². The summed E-state index contributed by atoms with van der Waals surface area (Å²) in [6.45, 7) is 1.77. The topological polar surface area (TPSA) is 127 Å². The third kappa shape index (κ3) is 5.73. The molecule has 0 bridgehead atoms. The lowest BCUT2D eigenvalue weighted by Crippen LogP contribution is -2.28. The number of benzene rings is 2. The van der Waals surface area contributed by atoms with E-state index >= 15 is 0 Å². The van der Waals surface area contributed by atoms with Gasteiger partial charge in [-0.15, -0.1) is 0 Å². The number of hydrogen-bond donors (Lipinski definition) is 2. The minimum atomic E-state index is -3.83. The van der Waals surface area contributed by atoms with Gasteiger partial charge in [-0.05, 0) is 55.4 Å². The molecule has 1 unspecified atom stereocenters. The first-order chi connectivity index (χ1) is 13.5. The normalized spacial score (nSPS) is 13.4. The second-order valence-corrected chi connectivity index (χ2v) is 9.80. The molecule has 0 fully saturated rings. The lowest BCUT2D eigenvalue weighted by atomic mass is 10.1. The van der Waals surface area contributed by atoms with Gasteiger partial charge in [-0.1, -0.05) is 24.3 Å². The van der Waals surface area contributed by atoms with E-state index in [1.54, 1.807) is 44.3 Å². The van der Waals surface area contributed by atoms with Gasteiger partial charge in [0.2, 0.25) is 26.0 Å². The van der Waals surface area contributed by atoms with Crippen LogP contribution in [0.4, 0.5) is 0 Å². The molecule has 0 radical (unpaired) electrons. The highest BCUT2D eigenvalue weighted by atomic mass is 32.2. The summed E-state index contributed by atoms with van der Waals surface area (Å²) >= 11 is 0. The van der Waals surface area contributed by atoms with E-state index in [4.69, 9.17) is 5.14 Å². The van der Waals surface area contributed by atoms with E-state index < -0.39 is 26.1 Å². The Bertz CT molecular complexity index is 1120. The van der Waals surface area contributed by atoms with Gasteiger partial charge in [-0.2, -0.15) is 0 Å². The van der Waals surface area contributed by atoms with Crippen LogP contribution in [0.3, 0.4) is 0 Å². The van der Waals surface area contributed by atoms with Crippen LogP contribution in [0.15, 0.2) is 64.4 Å². The number of nitrogens with two attached hydrogens (primary N) is 1. The Morgan fingerprint density at radius 1 is 1.07 bits per heavy atom. The molecule has 2 aromatic rings. The number of rotatable bonds is 7. The Labute approximate surface area is 171 Å². The van der Waals surface area contributed by atoms with Crippen molar-refractivity contribution in [1.29, 1.82) is 0 Å². The van der Waals surface area contributed by atoms with E-state index in [2.05, 4.69) is 4.72 Å². The molecule has 0 heterocycles. The number of nitrogens with zero attached hydrogens (tertiary/aromatic N) is 1. The van der Waals surface area contributed by atoms with Crippen molar-refractivity contribution in [3.63, 3.8) is 0 Å². The van der Waals surface area contributed by atoms with Crippen LogP contribution >= 0.6 is 0 Å². The average Bonchev–Trinajstić information content (AvgIpc) is 2.70. The Morgan fingerprint density at radius 2 is 1.69 bits per heavy atom. The third-order valence-electron chi connectivity index (χ3n) is 4.48. The Kier molecular flexibility index (Phi) is 6.96. The van der Waals surface area contributed by atoms with Crippen LogP contribution in [0, 0.1) is 0 Å². The quantitative estimate of drug-likeness (QED) is 0.634. The van der Waals surface area contributed by atoms with Crippen LogP contribution < -0.4 is 9.86 Å². The first-order valence-electron chi connectivity index (χ1n) is 8.57. The molecule has 29 heavy (non-hydrogen) atoms. The summed E-state index contributed by atoms with van der Waals surface area (Å²) in [7, 11) is -4.42. The minimum absolute atomic E-state index is 0.0187. The fourth-order valence-electron chi connectivity index (χ4n) is 2.53. The molecule has 0 spiro atoms. The van der Waals surface area contributed by atoms with Gasteiger partial charge >= 0.3 is 0 Å². The summed E-state index contributed by atoms with van der Waals surface area (Å²) in [5.74, 6) is -0.301. The van der Waals surface area contributed by atoms with Crippen LogP contribution in [0.1, 0.15) is 24.1 Å². The SMILES string of the molecule is CNS(=O)(=O)c1ccc(/C=C/C(=O)N(C)C(C)c2cccc(S(N)(=O)=O)c2)cc1. The van der Waals surface area contributed by atoms with Crippen LogP contribution in [0.25, 0.3) is 6.08 Å². The standard InChI is InChI=1S/C19H23N3O5S2/c1-14(16-5-4-6-18(13-16)28(20,24)25)22(3)19(23)12-9-15-7-10-17(11-8-15)29(26,27)21-2/h4-14,21H,1-3H3,(H2,20,24,25)/b12-9+. The first-order valence-corrected chi connectivity index (χ1v) is 11.6. The van der Waals surface area contributed by atoms with Gasteiger partial charge in [0, 0.05) is 13.1 Å². The van der Waals surface area contributed by atoms with Gasteiger partial charge in [0.05, 0.1) is 15.8 Å². The predicted octanol–water partition coefficient (Wildman–Crippen LogP) is 1.47. The third-order valence-corrected chi connectivity index (χ3v) is 6.82. The second kappa shape index (κ2) is 8.87. The van der Waals surface area contributed by atoms with Crippen molar-refractivity contribution in [1.82, 2.24) is 9.62 Å². The second-order valence-electron chi connectivity index (χ2n) is 6.35. The molecular weight excluding hydrogens is 414 g/mol. The maximum atomic E-state index is 12.5. The van der Waals surface area contributed by atoms with Crippen molar-refractivity contribution in [3.05, 3.63) is 65.7 Å². The maximum absolute atomic E-state index is 12.5. The van der Waals surface area contributed by atoms with E-state index in [1.807, 2.05) is 0 Å². The van der Waals surface area contributed by atoms with Crippen LogP contribution in [0.2, 0.25) is 0 Å². The fraction of sp³-hybridized carbons (Fsp3) is 0.211. The lowest BCUT2D eigenvalue weighted by molar-refractivity contribution is -0.126. The van der Waals surface area contributed by atoms with Crippen molar-refractivity contribution in [2.45, 2.75) is 22.8 Å². The molecule has 0 saturated heterocycles. The molecule has 2 rings (SSSR count). The summed E-state index contributed by atoms with van der Waals surface area (Å²) in [5.41, 5.74) is 1.29. The van der Waals surface area contributed by atoms with E-state index in [0.29, 0.717) is 11.1 Å². The molecule has 0 aromatic heterocycles. The summed E-state index contributed by atoms with van der Waals surface area (Å²) in [5, 5.41) is 5.16. The molecule has 0 aliphatic carbocycles. The number of carbonyl (C=O) groups is 1. The molecular formula is C19H23N3O5S2. The molecule has 1 atom stereocenters. The van der Waals surface area contributed by atoms with E-state index in [1.165, 1.54) is 42.3 Å². The van der Waals surface area contributed by atoms with Crippen molar-refractivity contribution in [3.8, 4) is 0 Å². The first kappa shape index (κ1) is 22.8. The molecule has 8 nitrogen and oxygen atoms in total. The number of hydrogen-bond acceptors (Lipinski definition) is 5. The lowest BCUT2D eigenvalue weighted by Gasteiger charge is -2.24. The predicted molar refractivity (Wildman–Crippen MR) is 111 cm³/mol. The monoisotopic (exact) mass is 437 g/mol. The number of amides is 1. The zero-order valence-corrected chi connectivity index (χ0v) is 17.9. The Hall–Kier alpha value is -2.53. The smallest absolute Gasteiger partial charge is 0.246 e. The highest BCUT2D eigenvalue weighted by Gasteiger charge is 2.17. The van der Waals surface area contributed by atoms with Crippen molar-refractivity contribution >= 4 is 32.0 Å². The number of likely N-dealkylation sites (N-methyl/N-ethyl adjacent to an activating group) is 1. The molecule has 0 saturated carbocycles. The summed E-state index contributed by atoms with van der Waals surface area (Å²) in [6, 6.07) is 11.8. The fourth-order valence-corrected chi connectivity index (χ4v) is 3.83. The van der Waals surface area contributed by atoms with Gasteiger partial charge < -0.3 is 4.90 Å². The number of sulfonamides is 2. The maximum Gasteiger partial charge on any atom is 0.246 e. The number of nitrogens with one attached hydrogen (secondary N) is 1. The van der Waals surface area contributed by atoms with E-state index in [-0.39, 0.29) is 15.7 Å². The summed E-state index contributed by atoms with van der Waals surface area (Å²) in [4.78, 5) is 14.0. The summed E-state index contributed by atoms with van der Waals surface area (Å²) in [6.07, 6.45) is 2.93. The molecule has 1 amide bonds. The van der Waals surface area contributed by atoms with Gasteiger partial charge in [0.1, 0.15) is 0 Å². The Morgan fingerprint density at radius 3 is 2.24 bits per heavy atom. The Balaban J connectivity index is 2.14. The molecule has 2 aromatic carbocycles. The molecule has 3 N–H and O–H groups in total. The van der Waals surface area contributed by atoms with E-state index in [0.717, 1.165) is 0 Å².